The van der Waals surface area contributed by atoms with Crippen molar-refractivity contribution in [2.75, 3.05) is 19.6 Å². The molecule has 1 aliphatic carbocycles. The number of nitrogens with two attached hydrogens (primary N) is 1. The number of aryl methyl sites for hydroxylation is 1. The summed E-state index contributed by atoms with van der Waals surface area (Å²) in [4.78, 5) is 18.9. The number of ether oxygens (including phenoxy) is 1. The number of oxime groups is 1. The van der Waals surface area contributed by atoms with Crippen molar-refractivity contribution in [1.29, 1.82) is 0 Å². The summed E-state index contributed by atoms with van der Waals surface area (Å²) in [6, 6.07) is 18.0. The molecule has 188 valence electrons. The van der Waals surface area contributed by atoms with Gasteiger partial charge in [-0.3, -0.25) is 4.79 Å². The monoisotopic (exact) mass is 505 g/mol. The van der Waals surface area contributed by atoms with Gasteiger partial charge in [-0.15, -0.1) is 0 Å². The highest BCUT2D eigenvalue weighted by atomic mass is 35.5. The van der Waals surface area contributed by atoms with Gasteiger partial charge < -0.3 is 20.2 Å². The topological polar surface area (TPSA) is 77.2 Å². The summed E-state index contributed by atoms with van der Waals surface area (Å²) in [5, 5.41) is 6.67. The van der Waals surface area contributed by atoms with Crippen LogP contribution in [0.4, 0.5) is 0 Å². The quantitative estimate of drug-likeness (QED) is 0.462. The van der Waals surface area contributed by atoms with Crippen molar-refractivity contribution in [2.24, 2.45) is 10.9 Å². The normalized spacial score (nSPS) is 17.0. The molecule has 1 saturated carbocycles. The van der Waals surface area contributed by atoms with Crippen LogP contribution in [0.2, 0.25) is 5.02 Å². The fourth-order valence-corrected chi connectivity index (χ4v) is 5.02. The van der Waals surface area contributed by atoms with Crippen molar-refractivity contribution in [1.82, 2.24) is 4.90 Å². The number of nitrogens with zero attached hydrogens (tertiary/aromatic N) is 2. The smallest absolute Gasteiger partial charge is 0.271 e. The van der Waals surface area contributed by atoms with Crippen molar-refractivity contribution >= 4 is 34.0 Å². The predicted molar refractivity (Wildman–Crippen MR) is 144 cm³/mol. The number of primary amides is 1. The average Bonchev–Trinajstić information content (AvgIpc) is 3.56. The summed E-state index contributed by atoms with van der Waals surface area (Å²) in [6.07, 6.45) is 7.84. The molecule has 2 aliphatic heterocycles. The lowest BCUT2D eigenvalue weighted by Crippen LogP contribution is -2.27. The van der Waals surface area contributed by atoms with Crippen LogP contribution in [-0.4, -0.2) is 42.3 Å². The number of carbonyl (C=O) groups is 1. The van der Waals surface area contributed by atoms with Crippen molar-refractivity contribution < 1.29 is 14.4 Å². The maximum absolute atomic E-state index is 11.3. The van der Waals surface area contributed by atoms with Crippen LogP contribution in [0.5, 0.6) is 5.75 Å². The predicted octanol–water partition coefficient (Wildman–Crippen LogP) is 5.47. The second kappa shape index (κ2) is 11.3. The van der Waals surface area contributed by atoms with Gasteiger partial charge in [-0.05, 0) is 86.6 Å². The number of hydrogen-bond donors (Lipinski definition) is 1. The Kier molecular flexibility index (Phi) is 7.73. The SMILES string of the molecule is Clc1cc(CCCN2CCCC2)ccc1OC1CC1.NC(=O)C1=NOCc2c1ccc1ccccc21. The van der Waals surface area contributed by atoms with Crippen LogP contribution in [0.1, 0.15) is 48.8 Å². The van der Waals surface area contributed by atoms with Crippen LogP contribution in [-0.2, 0) is 22.7 Å². The average molecular weight is 506 g/mol. The minimum Gasteiger partial charge on any atom is -0.489 e. The first kappa shape index (κ1) is 24.6. The summed E-state index contributed by atoms with van der Waals surface area (Å²) in [5.41, 5.74) is 8.53. The molecule has 0 atom stereocenters. The molecule has 3 aliphatic rings. The zero-order valence-corrected chi connectivity index (χ0v) is 21.2. The standard InChI is InChI=1S/C16H22ClNO.C13H10N2O2/c17-15-12-13(4-3-11-18-9-1-2-10-18)5-8-16(15)19-14-6-7-14;14-13(16)12-10-6-5-8-3-1-2-4-9(8)11(10)7-17-15-12/h5,8,12,14H,1-4,6-7,9-11H2;1-6H,7H2,(H2,14,16). The van der Waals surface area contributed by atoms with Crippen LogP contribution in [0.25, 0.3) is 10.8 Å². The third-order valence-corrected chi connectivity index (χ3v) is 7.14. The van der Waals surface area contributed by atoms with Crippen molar-refractivity contribution in [2.45, 2.75) is 51.2 Å². The zero-order valence-electron chi connectivity index (χ0n) is 20.4. The molecular weight excluding hydrogens is 474 g/mol. The van der Waals surface area contributed by atoms with E-state index in [1.807, 2.05) is 42.5 Å². The molecule has 6 nitrogen and oxygen atoms in total. The third-order valence-electron chi connectivity index (χ3n) is 6.85. The van der Waals surface area contributed by atoms with Crippen molar-refractivity contribution in [3.63, 3.8) is 0 Å². The lowest BCUT2D eigenvalue weighted by Gasteiger charge is -2.16. The van der Waals surface area contributed by atoms with E-state index in [1.165, 1.54) is 57.3 Å². The Bertz CT molecular complexity index is 1270. The van der Waals surface area contributed by atoms with E-state index in [9.17, 15) is 4.79 Å². The van der Waals surface area contributed by atoms with Gasteiger partial charge in [0, 0.05) is 11.1 Å². The summed E-state index contributed by atoms with van der Waals surface area (Å²) in [7, 11) is 0. The van der Waals surface area contributed by atoms with Crippen LogP contribution in [0, 0.1) is 0 Å². The molecule has 3 aromatic carbocycles. The number of amides is 1. The molecule has 0 spiro atoms. The maximum atomic E-state index is 11.3. The molecule has 1 saturated heterocycles. The summed E-state index contributed by atoms with van der Waals surface area (Å²) < 4.78 is 5.76. The van der Waals surface area contributed by atoms with Gasteiger partial charge in [0.1, 0.15) is 12.4 Å². The minimum absolute atomic E-state index is 0.192. The Hall–Kier alpha value is -3.09. The van der Waals surface area contributed by atoms with Gasteiger partial charge in [0.25, 0.3) is 5.91 Å². The maximum Gasteiger partial charge on any atom is 0.271 e. The zero-order chi connectivity index (χ0) is 24.9. The van der Waals surface area contributed by atoms with Gasteiger partial charge in [0.05, 0.1) is 11.1 Å². The highest BCUT2D eigenvalue weighted by Gasteiger charge is 2.24. The number of likely N-dealkylation sites (tertiary alicyclic amines) is 1. The summed E-state index contributed by atoms with van der Waals surface area (Å²) in [6.45, 7) is 4.16. The number of carbonyl (C=O) groups excluding carboxylic acids is 1. The van der Waals surface area contributed by atoms with Gasteiger partial charge in [0.15, 0.2) is 5.71 Å². The number of rotatable bonds is 7. The molecule has 3 aromatic rings. The first-order valence-electron chi connectivity index (χ1n) is 12.8. The number of benzene rings is 3. The Morgan fingerprint density at radius 3 is 2.67 bits per heavy atom. The van der Waals surface area contributed by atoms with E-state index < -0.39 is 5.91 Å². The lowest BCUT2D eigenvalue weighted by molar-refractivity contribution is -0.112. The molecule has 0 unspecified atom stereocenters. The Balaban J connectivity index is 0.000000149. The van der Waals surface area contributed by atoms with Crippen LogP contribution in [0.15, 0.2) is 59.8 Å². The summed E-state index contributed by atoms with van der Waals surface area (Å²) >= 11 is 6.27. The van der Waals surface area contributed by atoms with Crippen LogP contribution >= 0.6 is 11.6 Å². The van der Waals surface area contributed by atoms with Crippen molar-refractivity contribution in [3.8, 4) is 5.75 Å². The number of halogens is 1. The molecule has 0 aromatic heterocycles. The van der Waals surface area contributed by atoms with E-state index in [0.29, 0.717) is 12.7 Å². The van der Waals surface area contributed by atoms with E-state index in [1.54, 1.807) is 0 Å². The minimum atomic E-state index is -0.568. The number of hydrogen-bond acceptors (Lipinski definition) is 5. The first-order chi connectivity index (χ1) is 17.6. The molecule has 2 heterocycles. The highest BCUT2D eigenvalue weighted by molar-refractivity contribution is 6.45. The molecule has 36 heavy (non-hydrogen) atoms. The van der Waals surface area contributed by atoms with Crippen molar-refractivity contribution in [3.05, 3.63) is 76.3 Å². The van der Waals surface area contributed by atoms with Gasteiger partial charge in [-0.2, -0.15) is 0 Å². The van der Waals surface area contributed by atoms with Crippen LogP contribution in [0.3, 0.4) is 0 Å². The molecule has 0 bridgehead atoms. The van der Waals surface area contributed by atoms with Crippen LogP contribution < -0.4 is 10.5 Å². The molecule has 1 amide bonds. The fraction of sp³-hybridized carbons (Fsp3) is 0.379. The van der Waals surface area contributed by atoms with Gasteiger partial charge in [0.2, 0.25) is 0 Å². The van der Waals surface area contributed by atoms with Gasteiger partial charge in [-0.25, -0.2) is 0 Å². The lowest BCUT2D eigenvalue weighted by atomic mass is 9.96. The third kappa shape index (κ3) is 6.00. The molecule has 6 rings (SSSR count). The highest BCUT2D eigenvalue weighted by Crippen LogP contribution is 2.32. The second-order valence-corrected chi connectivity index (χ2v) is 10.0. The second-order valence-electron chi connectivity index (χ2n) is 9.62. The van der Waals surface area contributed by atoms with E-state index >= 15 is 0 Å². The molecule has 0 radical (unpaired) electrons. The molecule has 2 N–H and O–H groups in total. The Morgan fingerprint density at radius 2 is 1.92 bits per heavy atom. The summed E-state index contributed by atoms with van der Waals surface area (Å²) in [5.74, 6) is 0.286. The first-order valence-corrected chi connectivity index (χ1v) is 13.1. The molecular formula is C29H32ClN3O3. The fourth-order valence-electron chi connectivity index (χ4n) is 4.78. The Morgan fingerprint density at radius 1 is 1.11 bits per heavy atom. The van der Waals surface area contributed by atoms with E-state index in [0.717, 1.165) is 39.1 Å². The van der Waals surface area contributed by atoms with E-state index in [4.69, 9.17) is 26.9 Å². The number of fused-ring (bicyclic) bond motifs is 3. The molecule has 2 fully saturated rings. The van der Waals surface area contributed by atoms with Gasteiger partial charge >= 0.3 is 0 Å². The largest absolute Gasteiger partial charge is 0.489 e. The van der Waals surface area contributed by atoms with E-state index in [2.05, 4.69) is 22.2 Å². The molecule has 7 heteroatoms. The Labute approximate surface area is 217 Å². The van der Waals surface area contributed by atoms with Gasteiger partial charge in [-0.1, -0.05) is 59.2 Å². The van der Waals surface area contributed by atoms with E-state index in [-0.39, 0.29) is 5.71 Å².